The summed E-state index contributed by atoms with van der Waals surface area (Å²) in [6, 6.07) is 47.6. The van der Waals surface area contributed by atoms with Crippen LogP contribution in [0, 0.1) is 0 Å². The smallest absolute Gasteiger partial charge is 0.179 e. The molecule has 0 N–H and O–H groups in total. The second-order valence-corrected chi connectivity index (χ2v) is 11.2. The molecule has 5 heteroatoms. The highest BCUT2D eigenvalue weighted by molar-refractivity contribution is 6.05. The van der Waals surface area contributed by atoms with Crippen LogP contribution in [0.4, 0.5) is 0 Å². The van der Waals surface area contributed by atoms with E-state index in [4.69, 9.17) is 19.9 Å². The van der Waals surface area contributed by atoms with Gasteiger partial charge in [0.25, 0.3) is 0 Å². The van der Waals surface area contributed by atoms with Gasteiger partial charge in [-0.25, -0.2) is 19.9 Å². The summed E-state index contributed by atoms with van der Waals surface area (Å²) in [6.45, 7) is 2.19. The van der Waals surface area contributed by atoms with Gasteiger partial charge in [0, 0.05) is 28.1 Å². The van der Waals surface area contributed by atoms with Crippen molar-refractivity contribution in [2.45, 2.75) is 13.3 Å². The highest BCUT2D eigenvalue weighted by Crippen LogP contribution is 2.33. The van der Waals surface area contributed by atoms with Crippen LogP contribution in [0.3, 0.4) is 0 Å². The maximum Gasteiger partial charge on any atom is 0.179 e. The van der Waals surface area contributed by atoms with Crippen molar-refractivity contribution in [1.29, 1.82) is 0 Å². The molecule has 0 fully saturated rings. The standard InChI is InChI=1S/C41H29N5/c1-2-27-25-36(32-17-11-16-31(24-32)28-12-5-3-6-13-28)44-40-33(27)21-19-30-20-22-35(43-39(30)40)41-45-37(29-14-7-4-8-15-29)26-38(46-41)34-18-9-10-23-42-34/h3-26H,2H2,1H3. The van der Waals surface area contributed by atoms with Crippen molar-refractivity contribution in [3.63, 3.8) is 0 Å². The number of hydrogen-bond donors (Lipinski definition) is 0. The Balaban J connectivity index is 1.31. The first kappa shape index (κ1) is 27.5. The number of fused-ring (bicyclic) bond motifs is 3. The summed E-state index contributed by atoms with van der Waals surface area (Å²) in [6.07, 6.45) is 2.66. The second kappa shape index (κ2) is 11.8. The van der Waals surface area contributed by atoms with Gasteiger partial charge < -0.3 is 0 Å². The van der Waals surface area contributed by atoms with Crippen molar-refractivity contribution >= 4 is 21.8 Å². The van der Waals surface area contributed by atoms with E-state index in [1.54, 1.807) is 6.20 Å². The number of benzene rings is 4. The summed E-state index contributed by atoms with van der Waals surface area (Å²) in [7, 11) is 0. The number of pyridine rings is 3. The van der Waals surface area contributed by atoms with E-state index in [1.165, 1.54) is 11.1 Å². The molecule has 0 radical (unpaired) electrons. The van der Waals surface area contributed by atoms with Gasteiger partial charge in [-0.2, -0.15) is 0 Å². The molecule has 0 saturated heterocycles. The van der Waals surface area contributed by atoms with E-state index in [9.17, 15) is 0 Å². The number of hydrogen-bond acceptors (Lipinski definition) is 5. The summed E-state index contributed by atoms with van der Waals surface area (Å²) >= 11 is 0. The molecule has 8 aromatic rings. The fourth-order valence-electron chi connectivity index (χ4n) is 5.96. The van der Waals surface area contributed by atoms with Crippen LogP contribution in [0.1, 0.15) is 12.5 Å². The minimum absolute atomic E-state index is 0.545. The van der Waals surface area contributed by atoms with E-state index >= 15 is 0 Å². The van der Waals surface area contributed by atoms with Gasteiger partial charge in [0.1, 0.15) is 5.69 Å². The average molecular weight is 592 g/mol. The molecular formula is C41H29N5. The summed E-state index contributed by atoms with van der Waals surface area (Å²) in [4.78, 5) is 25.0. The summed E-state index contributed by atoms with van der Waals surface area (Å²) in [5.74, 6) is 0.545. The molecule has 0 bridgehead atoms. The lowest BCUT2D eigenvalue weighted by Gasteiger charge is -2.13. The van der Waals surface area contributed by atoms with Crippen LogP contribution in [-0.4, -0.2) is 24.9 Å². The SMILES string of the molecule is CCc1cc(-c2cccc(-c3ccccc3)c2)nc2c1ccc1ccc(-c3nc(-c4ccccc4)cc(-c4ccccn4)n3)nc12. The third kappa shape index (κ3) is 5.18. The molecule has 5 nitrogen and oxygen atoms in total. The lowest BCUT2D eigenvalue weighted by molar-refractivity contribution is 1.14. The first-order chi connectivity index (χ1) is 22.7. The van der Waals surface area contributed by atoms with Gasteiger partial charge in [-0.05, 0) is 59.5 Å². The van der Waals surface area contributed by atoms with E-state index in [1.807, 2.05) is 54.6 Å². The van der Waals surface area contributed by atoms with Gasteiger partial charge in [0.15, 0.2) is 5.82 Å². The van der Waals surface area contributed by atoms with Gasteiger partial charge in [0.2, 0.25) is 0 Å². The van der Waals surface area contributed by atoms with Crippen molar-refractivity contribution in [2.24, 2.45) is 0 Å². The largest absolute Gasteiger partial charge is 0.255 e. The maximum atomic E-state index is 5.27. The first-order valence-corrected chi connectivity index (χ1v) is 15.5. The molecule has 8 rings (SSSR count). The Morgan fingerprint density at radius 1 is 0.435 bits per heavy atom. The lowest BCUT2D eigenvalue weighted by Crippen LogP contribution is -1.99. The molecule has 0 aliphatic rings. The fourth-order valence-corrected chi connectivity index (χ4v) is 5.96. The Bertz CT molecular complexity index is 2280. The van der Waals surface area contributed by atoms with Gasteiger partial charge in [-0.3, -0.25) is 4.98 Å². The number of rotatable bonds is 6. The molecule has 218 valence electrons. The molecule has 0 amide bonds. The molecule has 0 spiro atoms. The molecule has 0 unspecified atom stereocenters. The fraction of sp³-hybridized carbons (Fsp3) is 0.0488. The molecule has 0 aliphatic carbocycles. The third-order valence-corrected chi connectivity index (χ3v) is 8.32. The average Bonchev–Trinajstić information content (AvgIpc) is 3.15. The molecule has 4 aromatic heterocycles. The minimum Gasteiger partial charge on any atom is -0.255 e. The van der Waals surface area contributed by atoms with Crippen LogP contribution in [0.25, 0.3) is 78.4 Å². The molecule has 46 heavy (non-hydrogen) atoms. The summed E-state index contributed by atoms with van der Waals surface area (Å²) in [5.41, 5.74) is 11.3. The number of nitrogens with zero attached hydrogens (tertiary/aromatic N) is 5. The van der Waals surface area contributed by atoms with E-state index in [0.717, 1.165) is 67.7 Å². The van der Waals surface area contributed by atoms with Crippen molar-refractivity contribution in [3.8, 4) is 56.5 Å². The first-order valence-electron chi connectivity index (χ1n) is 15.5. The molecule has 4 aromatic carbocycles. The zero-order valence-electron chi connectivity index (χ0n) is 25.3. The van der Waals surface area contributed by atoms with E-state index < -0.39 is 0 Å². The molecule has 0 atom stereocenters. The van der Waals surface area contributed by atoms with Crippen LogP contribution < -0.4 is 0 Å². The van der Waals surface area contributed by atoms with Crippen LogP contribution in [0.2, 0.25) is 0 Å². The normalized spacial score (nSPS) is 11.2. The molecule has 0 aliphatic heterocycles. The Labute approximate surface area is 267 Å². The van der Waals surface area contributed by atoms with Crippen molar-refractivity contribution in [3.05, 3.63) is 151 Å². The lowest BCUT2D eigenvalue weighted by atomic mass is 9.98. The predicted octanol–water partition coefficient (Wildman–Crippen LogP) is 9.87. The van der Waals surface area contributed by atoms with E-state index in [2.05, 4.69) is 96.8 Å². The predicted molar refractivity (Wildman–Crippen MR) is 187 cm³/mol. The number of aromatic nitrogens is 5. The van der Waals surface area contributed by atoms with Gasteiger partial charge in [0.05, 0.1) is 33.8 Å². The van der Waals surface area contributed by atoms with Crippen LogP contribution in [-0.2, 0) is 6.42 Å². The van der Waals surface area contributed by atoms with E-state index in [-0.39, 0.29) is 0 Å². The minimum atomic E-state index is 0.545. The zero-order chi connectivity index (χ0) is 30.9. The highest BCUT2D eigenvalue weighted by Gasteiger charge is 2.16. The quantitative estimate of drug-likeness (QED) is 0.180. The van der Waals surface area contributed by atoms with Crippen LogP contribution in [0.15, 0.2) is 146 Å². The third-order valence-electron chi connectivity index (χ3n) is 8.32. The molecular weight excluding hydrogens is 562 g/mol. The highest BCUT2D eigenvalue weighted by atomic mass is 14.9. The Morgan fingerprint density at radius 2 is 1.11 bits per heavy atom. The summed E-state index contributed by atoms with van der Waals surface area (Å²) in [5, 5.41) is 2.13. The second-order valence-electron chi connectivity index (χ2n) is 11.2. The zero-order valence-corrected chi connectivity index (χ0v) is 25.3. The molecule has 4 heterocycles. The Morgan fingerprint density at radius 3 is 1.89 bits per heavy atom. The maximum absolute atomic E-state index is 5.27. The van der Waals surface area contributed by atoms with Gasteiger partial charge in [-0.1, -0.05) is 110 Å². The summed E-state index contributed by atoms with van der Waals surface area (Å²) < 4.78 is 0. The van der Waals surface area contributed by atoms with Crippen LogP contribution in [0.5, 0.6) is 0 Å². The topological polar surface area (TPSA) is 64.5 Å². The van der Waals surface area contributed by atoms with Crippen molar-refractivity contribution < 1.29 is 0 Å². The number of aryl methyl sites for hydroxylation is 1. The van der Waals surface area contributed by atoms with Gasteiger partial charge >= 0.3 is 0 Å². The van der Waals surface area contributed by atoms with E-state index in [0.29, 0.717) is 11.5 Å². The molecule has 0 saturated carbocycles. The Hall–Kier alpha value is -6.07. The Kier molecular flexibility index (Phi) is 7.04. The van der Waals surface area contributed by atoms with Crippen LogP contribution >= 0.6 is 0 Å². The van der Waals surface area contributed by atoms with Crippen molar-refractivity contribution in [2.75, 3.05) is 0 Å². The van der Waals surface area contributed by atoms with Gasteiger partial charge in [-0.15, -0.1) is 0 Å². The van der Waals surface area contributed by atoms with Crippen molar-refractivity contribution in [1.82, 2.24) is 24.9 Å². The monoisotopic (exact) mass is 591 g/mol.